The van der Waals surface area contributed by atoms with Gasteiger partial charge in [0.15, 0.2) is 11.0 Å². The second-order valence-electron chi connectivity index (χ2n) is 6.09. The van der Waals surface area contributed by atoms with Crippen LogP contribution in [0.15, 0.2) is 65.8 Å². The maximum Gasteiger partial charge on any atom is 0.445 e. The summed E-state index contributed by atoms with van der Waals surface area (Å²) in [7, 11) is 0. The van der Waals surface area contributed by atoms with Gasteiger partial charge in [0.25, 0.3) is 0 Å². The van der Waals surface area contributed by atoms with Gasteiger partial charge in [0, 0.05) is 11.3 Å². The molecule has 4 rings (SSSR count). The van der Waals surface area contributed by atoms with E-state index in [1.54, 1.807) is 0 Å². The fourth-order valence-corrected chi connectivity index (χ4v) is 4.00. The highest BCUT2D eigenvalue weighted by atomic mass is 32.2. The number of amides is 1. The minimum atomic E-state index is -4.60. The van der Waals surface area contributed by atoms with Crippen LogP contribution in [-0.2, 0) is 11.0 Å². The molecular formula is C19H13F3N6OS2. The number of carbonyl (C=O) groups excluding carboxylic acids is 1. The van der Waals surface area contributed by atoms with Crippen LogP contribution >= 0.6 is 23.1 Å². The number of anilines is 1. The Bertz CT molecular complexity index is 1180. The van der Waals surface area contributed by atoms with E-state index in [9.17, 15) is 18.0 Å². The summed E-state index contributed by atoms with van der Waals surface area (Å²) in [6.45, 7) is 0. The SMILES string of the molecule is O=C(CSc1nnc(-c2ccccc2)n1-c1ccccc1)Nc1nnc(C(F)(F)F)s1. The number of aromatic nitrogens is 5. The van der Waals surface area contributed by atoms with Crippen molar-refractivity contribution in [2.45, 2.75) is 11.3 Å². The van der Waals surface area contributed by atoms with E-state index in [2.05, 4.69) is 25.7 Å². The van der Waals surface area contributed by atoms with E-state index in [-0.39, 0.29) is 22.2 Å². The summed E-state index contributed by atoms with van der Waals surface area (Å²) >= 11 is 1.38. The molecule has 0 fully saturated rings. The zero-order valence-corrected chi connectivity index (χ0v) is 17.2. The number of carbonyl (C=O) groups is 1. The summed E-state index contributed by atoms with van der Waals surface area (Å²) in [5.41, 5.74) is 1.66. The van der Waals surface area contributed by atoms with Crippen LogP contribution in [-0.4, -0.2) is 36.6 Å². The molecule has 0 aliphatic heterocycles. The molecule has 0 saturated carbocycles. The van der Waals surface area contributed by atoms with E-state index in [1.165, 1.54) is 0 Å². The fourth-order valence-electron chi connectivity index (χ4n) is 2.62. The van der Waals surface area contributed by atoms with Crippen molar-refractivity contribution >= 4 is 34.1 Å². The molecule has 31 heavy (non-hydrogen) atoms. The van der Waals surface area contributed by atoms with Gasteiger partial charge in [-0.15, -0.1) is 20.4 Å². The molecule has 1 amide bonds. The van der Waals surface area contributed by atoms with Crippen molar-refractivity contribution < 1.29 is 18.0 Å². The topological polar surface area (TPSA) is 85.6 Å². The third-order valence-corrected chi connectivity index (χ3v) is 5.74. The van der Waals surface area contributed by atoms with E-state index in [1.807, 2.05) is 65.2 Å². The van der Waals surface area contributed by atoms with Crippen LogP contribution < -0.4 is 5.32 Å². The second kappa shape index (κ2) is 8.86. The van der Waals surface area contributed by atoms with Crippen LogP contribution in [0.3, 0.4) is 0 Å². The van der Waals surface area contributed by atoms with Crippen molar-refractivity contribution in [2.75, 3.05) is 11.1 Å². The quantitative estimate of drug-likeness (QED) is 0.424. The normalized spacial score (nSPS) is 11.5. The van der Waals surface area contributed by atoms with Crippen molar-refractivity contribution in [1.29, 1.82) is 0 Å². The first-order chi connectivity index (χ1) is 14.9. The number of nitrogens with zero attached hydrogens (tertiary/aromatic N) is 5. The lowest BCUT2D eigenvalue weighted by Crippen LogP contribution is -2.14. The highest BCUT2D eigenvalue weighted by Gasteiger charge is 2.35. The van der Waals surface area contributed by atoms with E-state index in [0.29, 0.717) is 11.0 Å². The fraction of sp³-hybridized carbons (Fsp3) is 0.105. The zero-order valence-electron chi connectivity index (χ0n) is 15.6. The van der Waals surface area contributed by atoms with Crippen LogP contribution in [0.5, 0.6) is 0 Å². The summed E-state index contributed by atoms with van der Waals surface area (Å²) in [6, 6.07) is 18.9. The summed E-state index contributed by atoms with van der Waals surface area (Å²) < 4.78 is 39.7. The average Bonchev–Trinajstić information content (AvgIpc) is 3.40. The van der Waals surface area contributed by atoms with Gasteiger partial charge < -0.3 is 0 Å². The van der Waals surface area contributed by atoms with Crippen molar-refractivity contribution in [2.24, 2.45) is 0 Å². The van der Waals surface area contributed by atoms with Gasteiger partial charge in [0.05, 0.1) is 5.75 Å². The lowest BCUT2D eigenvalue weighted by atomic mass is 10.2. The molecule has 0 unspecified atom stereocenters. The first-order valence-electron chi connectivity index (χ1n) is 8.81. The molecule has 7 nitrogen and oxygen atoms in total. The Morgan fingerprint density at radius 2 is 1.65 bits per heavy atom. The summed E-state index contributed by atoms with van der Waals surface area (Å²) in [5, 5.41) is 16.3. The number of para-hydroxylation sites is 1. The highest BCUT2D eigenvalue weighted by molar-refractivity contribution is 7.99. The van der Waals surface area contributed by atoms with Gasteiger partial charge in [0.1, 0.15) is 0 Å². The first-order valence-corrected chi connectivity index (χ1v) is 10.6. The van der Waals surface area contributed by atoms with E-state index in [4.69, 9.17) is 0 Å². The predicted molar refractivity (Wildman–Crippen MR) is 111 cm³/mol. The molecule has 0 atom stereocenters. The van der Waals surface area contributed by atoms with Crippen LogP contribution in [0.2, 0.25) is 0 Å². The van der Waals surface area contributed by atoms with E-state index in [0.717, 1.165) is 23.0 Å². The molecule has 158 valence electrons. The molecule has 0 bridgehead atoms. The standard InChI is InChI=1S/C19H13F3N6OS2/c20-19(21,22)16-25-26-17(31-16)23-14(29)11-30-18-27-24-15(12-7-3-1-4-8-12)28(18)13-9-5-2-6-10-13/h1-10H,11H2,(H,23,26,29). The molecule has 2 aromatic carbocycles. The van der Waals surface area contributed by atoms with Gasteiger partial charge in [0.2, 0.25) is 16.0 Å². The minimum absolute atomic E-state index is 0.0965. The number of benzene rings is 2. The number of hydrogen-bond acceptors (Lipinski definition) is 7. The Balaban J connectivity index is 1.53. The Morgan fingerprint density at radius 1 is 0.968 bits per heavy atom. The first kappa shape index (κ1) is 21.0. The van der Waals surface area contributed by atoms with Crippen molar-refractivity contribution in [1.82, 2.24) is 25.0 Å². The Morgan fingerprint density at radius 3 is 2.29 bits per heavy atom. The lowest BCUT2D eigenvalue weighted by molar-refractivity contribution is -0.138. The van der Waals surface area contributed by atoms with Crippen LogP contribution in [0.1, 0.15) is 5.01 Å². The van der Waals surface area contributed by atoms with E-state index >= 15 is 0 Å². The Kier molecular flexibility index (Phi) is 6.00. The summed E-state index contributed by atoms with van der Waals surface area (Å²) in [4.78, 5) is 12.2. The van der Waals surface area contributed by atoms with Crippen molar-refractivity contribution in [3.05, 3.63) is 65.7 Å². The van der Waals surface area contributed by atoms with Crippen molar-refractivity contribution in [3.63, 3.8) is 0 Å². The van der Waals surface area contributed by atoms with Crippen LogP contribution in [0.4, 0.5) is 18.3 Å². The average molecular weight is 462 g/mol. The Labute approximate surface area is 182 Å². The maximum atomic E-state index is 12.6. The zero-order chi connectivity index (χ0) is 21.8. The number of halogens is 3. The van der Waals surface area contributed by atoms with Gasteiger partial charge in [-0.05, 0) is 12.1 Å². The summed E-state index contributed by atoms with van der Waals surface area (Å²) in [6.07, 6.45) is -4.60. The molecule has 2 heterocycles. The third-order valence-electron chi connectivity index (χ3n) is 3.93. The molecule has 4 aromatic rings. The Hall–Kier alpha value is -3.25. The van der Waals surface area contributed by atoms with Gasteiger partial charge in [-0.2, -0.15) is 13.2 Å². The molecule has 0 radical (unpaired) electrons. The van der Waals surface area contributed by atoms with Gasteiger partial charge >= 0.3 is 6.18 Å². The van der Waals surface area contributed by atoms with Gasteiger partial charge in [-0.3, -0.25) is 14.7 Å². The van der Waals surface area contributed by atoms with Crippen LogP contribution in [0.25, 0.3) is 17.1 Å². The molecule has 0 spiro atoms. The molecule has 12 heteroatoms. The molecule has 2 aromatic heterocycles. The monoisotopic (exact) mass is 462 g/mol. The number of thioether (sulfide) groups is 1. The molecular weight excluding hydrogens is 449 g/mol. The smallest absolute Gasteiger partial charge is 0.300 e. The molecule has 0 saturated heterocycles. The number of alkyl halides is 3. The lowest BCUT2D eigenvalue weighted by Gasteiger charge is -2.10. The molecule has 0 aliphatic carbocycles. The highest BCUT2D eigenvalue weighted by Crippen LogP contribution is 2.33. The number of nitrogens with one attached hydrogen (secondary N) is 1. The summed E-state index contributed by atoms with van der Waals surface area (Å²) in [5.74, 6) is -0.0202. The number of hydrogen-bond donors (Lipinski definition) is 1. The molecule has 0 aliphatic rings. The minimum Gasteiger partial charge on any atom is -0.300 e. The predicted octanol–water partition coefficient (Wildman–Crippen LogP) is 4.54. The third kappa shape index (κ3) is 4.91. The second-order valence-corrected chi connectivity index (χ2v) is 8.01. The number of rotatable bonds is 6. The van der Waals surface area contributed by atoms with E-state index < -0.39 is 17.1 Å². The van der Waals surface area contributed by atoms with Crippen molar-refractivity contribution in [3.8, 4) is 17.1 Å². The van der Waals surface area contributed by atoms with Crippen LogP contribution in [0, 0.1) is 0 Å². The largest absolute Gasteiger partial charge is 0.445 e. The maximum absolute atomic E-state index is 12.6. The van der Waals surface area contributed by atoms with Gasteiger partial charge in [-0.25, -0.2) is 0 Å². The van der Waals surface area contributed by atoms with Gasteiger partial charge in [-0.1, -0.05) is 71.6 Å². The molecule has 1 N–H and O–H groups in total.